The number of nitrogens with one attached hydrogen (secondary N) is 1. The highest BCUT2D eigenvalue weighted by Gasteiger charge is 2.18. The standard InChI is InChI=1S/C23H23FN4O3/c1-15-13-28(10-11-31-15)14-18-6-7-19(12-20(18)24)26-23-25-9-8-21(27-23)16-2-4-17(5-3-16)22(29)30/h2-9,12,15H,10-11,13-14H2,1H3,(H,29,30)(H,25,26,27)/t15-/m0/s1. The second-order valence-corrected chi connectivity index (χ2v) is 7.50. The molecule has 0 spiro atoms. The topological polar surface area (TPSA) is 87.6 Å². The molecule has 1 aromatic heterocycles. The van der Waals surface area contributed by atoms with Crippen molar-refractivity contribution in [2.75, 3.05) is 25.0 Å². The minimum Gasteiger partial charge on any atom is -0.478 e. The minimum absolute atomic E-state index is 0.155. The van der Waals surface area contributed by atoms with Gasteiger partial charge in [0.05, 0.1) is 24.0 Å². The first kappa shape index (κ1) is 20.9. The number of hydrogen-bond acceptors (Lipinski definition) is 6. The summed E-state index contributed by atoms with van der Waals surface area (Å²) in [5.74, 6) is -0.941. The molecule has 1 saturated heterocycles. The van der Waals surface area contributed by atoms with Crippen LogP contribution in [0.5, 0.6) is 0 Å². The summed E-state index contributed by atoms with van der Waals surface area (Å²) in [5.41, 5.74) is 2.78. The van der Waals surface area contributed by atoms with E-state index in [1.54, 1.807) is 36.5 Å². The molecule has 2 N–H and O–H groups in total. The molecule has 1 atom stereocenters. The van der Waals surface area contributed by atoms with E-state index in [9.17, 15) is 9.18 Å². The third-order valence-corrected chi connectivity index (χ3v) is 5.11. The largest absolute Gasteiger partial charge is 0.478 e. The highest BCUT2D eigenvalue weighted by atomic mass is 19.1. The maximum atomic E-state index is 14.7. The van der Waals surface area contributed by atoms with Crippen LogP contribution in [-0.2, 0) is 11.3 Å². The molecule has 8 heteroatoms. The van der Waals surface area contributed by atoms with E-state index in [-0.39, 0.29) is 17.5 Å². The number of ether oxygens (including phenoxy) is 1. The van der Waals surface area contributed by atoms with Gasteiger partial charge in [0.25, 0.3) is 0 Å². The Morgan fingerprint density at radius 1 is 1.26 bits per heavy atom. The molecule has 0 bridgehead atoms. The molecular formula is C23H23FN4O3. The quantitative estimate of drug-likeness (QED) is 0.622. The summed E-state index contributed by atoms with van der Waals surface area (Å²) in [6.07, 6.45) is 1.75. The second-order valence-electron chi connectivity index (χ2n) is 7.50. The lowest BCUT2D eigenvalue weighted by atomic mass is 10.1. The Labute approximate surface area is 179 Å². The predicted molar refractivity (Wildman–Crippen MR) is 115 cm³/mol. The maximum absolute atomic E-state index is 14.7. The molecular weight excluding hydrogens is 399 g/mol. The van der Waals surface area contributed by atoms with Gasteiger partial charge in [-0.1, -0.05) is 18.2 Å². The Bertz CT molecular complexity index is 1070. The lowest BCUT2D eigenvalue weighted by Gasteiger charge is -2.31. The molecule has 0 saturated carbocycles. The summed E-state index contributed by atoms with van der Waals surface area (Å²) in [6, 6.07) is 13.2. The van der Waals surface area contributed by atoms with Gasteiger partial charge >= 0.3 is 5.97 Å². The molecule has 31 heavy (non-hydrogen) atoms. The van der Waals surface area contributed by atoms with Gasteiger partial charge in [0, 0.05) is 42.6 Å². The second kappa shape index (κ2) is 9.20. The molecule has 0 radical (unpaired) electrons. The highest BCUT2D eigenvalue weighted by molar-refractivity contribution is 5.88. The van der Waals surface area contributed by atoms with Gasteiger partial charge in [0.15, 0.2) is 0 Å². The number of aromatic carboxylic acids is 1. The van der Waals surface area contributed by atoms with Crippen molar-refractivity contribution < 1.29 is 19.0 Å². The number of aromatic nitrogens is 2. The Morgan fingerprint density at radius 2 is 2.06 bits per heavy atom. The predicted octanol–water partition coefficient (Wildman–Crippen LogP) is 3.95. The monoisotopic (exact) mass is 422 g/mol. The zero-order valence-electron chi connectivity index (χ0n) is 17.1. The molecule has 160 valence electrons. The summed E-state index contributed by atoms with van der Waals surface area (Å²) in [6.45, 7) is 4.79. The smallest absolute Gasteiger partial charge is 0.335 e. The number of rotatable bonds is 6. The molecule has 0 aliphatic carbocycles. The number of nitrogens with zero attached hydrogens (tertiary/aromatic N) is 3. The zero-order valence-corrected chi connectivity index (χ0v) is 17.1. The maximum Gasteiger partial charge on any atom is 0.335 e. The molecule has 4 rings (SSSR count). The third-order valence-electron chi connectivity index (χ3n) is 5.11. The van der Waals surface area contributed by atoms with E-state index in [1.165, 1.54) is 18.2 Å². The first-order chi connectivity index (χ1) is 15.0. The van der Waals surface area contributed by atoms with Crippen molar-refractivity contribution >= 4 is 17.6 Å². The fourth-order valence-electron chi connectivity index (χ4n) is 3.52. The average Bonchev–Trinajstić information content (AvgIpc) is 2.76. The van der Waals surface area contributed by atoms with Crippen LogP contribution in [0.4, 0.5) is 16.0 Å². The van der Waals surface area contributed by atoms with Crippen LogP contribution in [0.1, 0.15) is 22.8 Å². The van der Waals surface area contributed by atoms with Gasteiger partial charge in [0.2, 0.25) is 5.95 Å². The number of carboxylic acid groups (broad SMARTS) is 1. The van der Waals surface area contributed by atoms with Crippen LogP contribution in [0.25, 0.3) is 11.3 Å². The van der Waals surface area contributed by atoms with Gasteiger partial charge in [-0.3, -0.25) is 4.90 Å². The van der Waals surface area contributed by atoms with Gasteiger partial charge in [-0.2, -0.15) is 0 Å². The number of hydrogen-bond donors (Lipinski definition) is 2. The van der Waals surface area contributed by atoms with Crippen molar-refractivity contribution in [1.29, 1.82) is 0 Å². The summed E-state index contributed by atoms with van der Waals surface area (Å²) in [4.78, 5) is 21.8. The van der Waals surface area contributed by atoms with E-state index in [2.05, 4.69) is 20.2 Å². The van der Waals surface area contributed by atoms with E-state index in [0.717, 1.165) is 18.7 Å². The molecule has 2 aromatic carbocycles. The van der Waals surface area contributed by atoms with Crippen molar-refractivity contribution in [2.45, 2.75) is 19.6 Å². The summed E-state index contributed by atoms with van der Waals surface area (Å²) < 4.78 is 20.2. The van der Waals surface area contributed by atoms with E-state index in [4.69, 9.17) is 9.84 Å². The number of benzene rings is 2. The van der Waals surface area contributed by atoms with E-state index < -0.39 is 5.97 Å². The number of morpholine rings is 1. The van der Waals surface area contributed by atoms with Gasteiger partial charge in [-0.15, -0.1) is 0 Å². The molecule has 7 nitrogen and oxygen atoms in total. The van der Waals surface area contributed by atoms with Crippen molar-refractivity contribution in [3.8, 4) is 11.3 Å². The number of halogens is 1. The highest BCUT2D eigenvalue weighted by Crippen LogP contribution is 2.22. The number of carbonyl (C=O) groups is 1. The van der Waals surface area contributed by atoms with E-state index >= 15 is 0 Å². The zero-order chi connectivity index (χ0) is 21.8. The van der Waals surface area contributed by atoms with Gasteiger partial charge in [0.1, 0.15) is 5.82 Å². The normalized spacial score (nSPS) is 16.8. The lowest BCUT2D eigenvalue weighted by molar-refractivity contribution is -0.0215. The summed E-state index contributed by atoms with van der Waals surface area (Å²) in [5, 5.41) is 12.1. The van der Waals surface area contributed by atoms with Crippen LogP contribution in [-0.4, -0.2) is 51.7 Å². The Balaban J connectivity index is 1.46. The van der Waals surface area contributed by atoms with Gasteiger partial charge in [-0.25, -0.2) is 19.2 Å². The fraction of sp³-hybridized carbons (Fsp3) is 0.261. The van der Waals surface area contributed by atoms with Crippen LogP contribution in [0.2, 0.25) is 0 Å². The molecule has 1 aliphatic rings. The van der Waals surface area contributed by atoms with Crippen LogP contribution in [0, 0.1) is 5.82 Å². The first-order valence-corrected chi connectivity index (χ1v) is 10.0. The SMILES string of the molecule is C[C@H]1CN(Cc2ccc(Nc3nccc(-c4ccc(C(=O)O)cc4)n3)cc2F)CCO1. The van der Waals surface area contributed by atoms with Crippen LogP contribution >= 0.6 is 0 Å². The van der Waals surface area contributed by atoms with Crippen LogP contribution < -0.4 is 5.32 Å². The molecule has 1 fully saturated rings. The third kappa shape index (κ3) is 5.22. The molecule has 3 aromatic rings. The van der Waals surface area contributed by atoms with Crippen molar-refractivity contribution in [3.63, 3.8) is 0 Å². The van der Waals surface area contributed by atoms with Gasteiger partial charge in [-0.05, 0) is 37.3 Å². The molecule has 0 amide bonds. The Hall–Kier alpha value is -3.36. The fourth-order valence-corrected chi connectivity index (χ4v) is 3.52. The van der Waals surface area contributed by atoms with E-state index in [0.29, 0.717) is 36.0 Å². The van der Waals surface area contributed by atoms with Gasteiger partial charge < -0.3 is 15.2 Å². The summed E-state index contributed by atoms with van der Waals surface area (Å²) in [7, 11) is 0. The van der Waals surface area contributed by atoms with Crippen molar-refractivity contribution in [1.82, 2.24) is 14.9 Å². The Kier molecular flexibility index (Phi) is 6.20. The molecule has 1 aliphatic heterocycles. The van der Waals surface area contributed by atoms with E-state index in [1.807, 2.05) is 6.92 Å². The minimum atomic E-state index is -0.981. The van der Waals surface area contributed by atoms with Crippen molar-refractivity contribution in [2.24, 2.45) is 0 Å². The lowest BCUT2D eigenvalue weighted by Crippen LogP contribution is -2.40. The molecule has 2 heterocycles. The Morgan fingerprint density at radius 3 is 2.77 bits per heavy atom. The first-order valence-electron chi connectivity index (χ1n) is 10.0. The number of anilines is 2. The average molecular weight is 422 g/mol. The number of carboxylic acids is 1. The van der Waals surface area contributed by atoms with Crippen molar-refractivity contribution in [3.05, 3.63) is 71.7 Å². The van der Waals surface area contributed by atoms with Crippen LogP contribution in [0.3, 0.4) is 0 Å². The molecule has 0 unspecified atom stereocenters. The summed E-state index contributed by atoms with van der Waals surface area (Å²) >= 11 is 0. The van der Waals surface area contributed by atoms with Crippen LogP contribution in [0.15, 0.2) is 54.7 Å².